The number of carbonyl (C=O) groups is 1. The van der Waals surface area contributed by atoms with Gasteiger partial charge >= 0.3 is 0 Å². The van der Waals surface area contributed by atoms with Crippen LogP contribution in [0, 0.1) is 11.8 Å². The summed E-state index contributed by atoms with van der Waals surface area (Å²) in [7, 11) is 0. The van der Waals surface area contributed by atoms with Crippen molar-refractivity contribution in [2.24, 2.45) is 11.8 Å². The van der Waals surface area contributed by atoms with E-state index in [1.54, 1.807) is 0 Å². The fourth-order valence-electron chi connectivity index (χ4n) is 1.47. The van der Waals surface area contributed by atoms with Crippen molar-refractivity contribution in [3.8, 4) is 0 Å². The molecule has 0 N–H and O–H groups in total. The summed E-state index contributed by atoms with van der Waals surface area (Å²) in [6.07, 6.45) is 6.52. The third-order valence-corrected chi connectivity index (χ3v) is 2.68. The van der Waals surface area contributed by atoms with Crippen molar-refractivity contribution in [3.05, 3.63) is 11.6 Å². The highest BCUT2D eigenvalue weighted by Gasteiger charge is 2.14. The Morgan fingerprint density at radius 1 is 1.55 bits per heavy atom. The molecular formula is C10H16O. The lowest BCUT2D eigenvalue weighted by Gasteiger charge is -2.08. The molecule has 0 spiro atoms. The molecule has 1 nitrogen and oxygen atoms in total. The molecular weight excluding hydrogens is 136 g/mol. The molecule has 2 unspecified atom stereocenters. The van der Waals surface area contributed by atoms with Crippen molar-refractivity contribution < 1.29 is 4.79 Å². The summed E-state index contributed by atoms with van der Waals surface area (Å²) in [5.74, 6) is 0.967. The van der Waals surface area contributed by atoms with Gasteiger partial charge in [-0.25, -0.2) is 0 Å². The van der Waals surface area contributed by atoms with Crippen LogP contribution in [0.5, 0.6) is 0 Å². The van der Waals surface area contributed by atoms with Gasteiger partial charge in [-0.1, -0.05) is 18.6 Å². The molecule has 0 amide bonds. The van der Waals surface area contributed by atoms with Crippen molar-refractivity contribution in [1.29, 1.82) is 0 Å². The van der Waals surface area contributed by atoms with E-state index in [0.717, 1.165) is 19.1 Å². The monoisotopic (exact) mass is 152 g/mol. The highest BCUT2D eigenvalue weighted by molar-refractivity contribution is 5.54. The van der Waals surface area contributed by atoms with E-state index in [4.69, 9.17) is 0 Å². The lowest BCUT2D eigenvalue weighted by atomic mass is 9.97. The van der Waals surface area contributed by atoms with Gasteiger partial charge in [0, 0.05) is 5.92 Å². The number of aldehydes is 1. The molecule has 0 aromatic carbocycles. The molecule has 0 aromatic heterocycles. The Bertz CT molecular complexity index is 170. The minimum Gasteiger partial charge on any atom is -0.303 e. The van der Waals surface area contributed by atoms with Crippen LogP contribution in [0.3, 0.4) is 0 Å². The largest absolute Gasteiger partial charge is 0.303 e. The van der Waals surface area contributed by atoms with Crippen LogP contribution in [0.4, 0.5) is 0 Å². The van der Waals surface area contributed by atoms with E-state index in [1.807, 2.05) is 0 Å². The zero-order valence-electron chi connectivity index (χ0n) is 7.34. The predicted octanol–water partition coefficient (Wildman–Crippen LogP) is 2.57. The van der Waals surface area contributed by atoms with E-state index in [-0.39, 0.29) is 5.92 Å². The normalized spacial score (nSPS) is 32.4. The molecule has 2 atom stereocenters. The van der Waals surface area contributed by atoms with Crippen LogP contribution in [0.25, 0.3) is 0 Å². The highest BCUT2D eigenvalue weighted by atomic mass is 16.1. The summed E-state index contributed by atoms with van der Waals surface area (Å²) < 4.78 is 0. The Morgan fingerprint density at radius 2 is 2.27 bits per heavy atom. The van der Waals surface area contributed by atoms with Crippen molar-refractivity contribution >= 4 is 6.29 Å². The molecule has 1 aliphatic carbocycles. The molecule has 1 rings (SSSR count). The van der Waals surface area contributed by atoms with Crippen LogP contribution in [-0.2, 0) is 4.79 Å². The molecule has 1 heteroatoms. The first-order chi connectivity index (χ1) is 5.24. The SMILES string of the molecule is CC1=CCC(C=O)CCC1C. The minimum atomic E-state index is 0.287. The van der Waals surface area contributed by atoms with Gasteiger partial charge in [0.1, 0.15) is 6.29 Å². The van der Waals surface area contributed by atoms with Gasteiger partial charge in [-0.05, 0) is 32.1 Å². The minimum absolute atomic E-state index is 0.287. The Hall–Kier alpha value is -0.590. The third-order valence-electron chi connectivity index (χ3n) is 2.68. The maximum Gasteiger partial charge on any atom is 0.123 e. The van der Waals surface area contributed by atoms with Crippen LogP contribution < -0.4 is 0 Å². The molecule has 0 aliphatic heterocycles. The molecule has 0 radical (unpaired) electrons. The van der Waals surface area contributed by atoms with Crippen molar-refractivity contribution in [2.75, 3.05) is 0 Å². The maximum absolute atomic E-state index is 10.5. The summed E-state index contributed by atoms with van der Waals surface area (Å²) in [5, 5.41) is 0. The van der Waals surface area contributed by atoms with Gasteiger partial charge in [0.2, 0.25) is 0 Å². The Morgan fingerprint density at radius 3 is 2.91 bits per heavy atom. The van der Waals surface area contributed by atoms with Gasteiger partial charge in [0.05, 0.1) is 0 Å². The average Bonchev–Trinajstić information content (AvgIpc) is 2.16. The van der Waals surface area contributed by atoms with Gasteiger partial charge in [-0.15, -0.1) is 0 Å². The first-order valence-corrected chi connectivity index (χ1v) is 4.36. The lowest BCUT2D eigenvalue weighted by Crippen LogP contribution is -2.00. The summed E-state index contributed by atoms with van der Waals surface area (Å²) in [4.78, 5) is 10.5. The van der Waals surface area contributed by atoms with Crippen molar-refractivity contribution in [3.63, 3.8) is 0 Å². The number of allylic oxidation sites excluding steroid dienone is 2. The Balaban J connectivity index is 2.58. The molecule has 0 saturated carbocycles. The fraction of sp³-hybridized carbons (Fsp3) is 0.700. The molecule has 0 bridgehead atoms. The number of hydrogen-bond acceptors (Lipinski definition) is 1. The molecule has 0 saturated heterocycles. The average molecular weight is 152 g/mol. The standard InChI is InChI=1S/C10H16O/c1-8-3-5-10(7-11)6-4-9(8)2/h3,7,9-10H,4-6H2,1-2H3. The molecule has 0 fully saturated rings. The van der Waals surface area contributed by atoms with Crippen LogP contribution >= 0.6 is 0 Å². The van der Waals surface area contributed by atoms with Gasteiger partial charge in [0.15, 0.2) is 0 Å². The molecule has 1 aliphatic rings. The fourth-order valence-corrected chi connectivity index (χ4v) is 1.47. The molecule has 0 aromatic rings. The summed E-state index contributed by atoms with van der Waals surface area (Å²) in [6.45, 7) is 4.40. The first kappa shape index (κ1) is 8.51. The number of rotatable bonds is 1. The van der Waals surface area contributed by atoms with E-state index in [1.165, 1.54) is 12.0 Å². The second-order valence-corrected chi connectivity index (χ2v) is 3.56. The second kappa shape index (κ2) is 3.70. The predicted molar refractivity (Wildman–Crippen MR) is 46.3 cm³/mol. The van der Waals surface area contributed by atoms with Gasteiger partial charge in [-0.3, -0.25) is 0 Å². The molecule has 62 valence electrons. The van der Waals surface area contributed by atoms with Crippen LogP contribution in [-0.4, -0.2) is 6.29 Å². The van der Waals surface area contributed by atoms with Crippen LogP contribution in [0.2, 0.25) is 0 Å². The van der Waals surface area contributed by atoms with Crippen LogP contribution in [0.1, 0.15) is 33.1 Å². The molecule has 11 heavy (non-hydrogen) atoms. The zero-order chi connectivity index (χ0) is 8.27. The summed E-state index contributed by atoms with van der Waals surface area (Å²) in [5.41, 5.74) is 1.45. The second-order valence-electron chi connectivity index (χ2n) is 3.56. The van der Waals surface area contributed by atoms with Crippen LogP contribution in [0.15, 0.2) is 11.6 Å². The summed E-state index contributed by atoms with van der Waals surface area (Å²) >= 11 is 0. The van der Waals surface area contributed by atoms with Gasteiger partial charge in [-0.2, -0.15) is 0 Å². The highest BCUT2D eigenvalue weighted by Crippen LogP contribution is 2.25. The van der Waals surface area contributed by atoms with E-state index in [9.17, 15) is 4.79 Å². The molecule has 0 heterocycles. The van der Waals surface area contributed by atoms with Crippen molar-refractivity contribution in [1.82, 2.24) is 0 Å². The first-order valence-electron chi connectivity index (χ1n) is 4.36. The number of hydrogen-bond donors (Lipinski definition) is 0. The Kier molecular flexibility index (Phi) is 2.86. The number of carbonyl (C=O) groups excluding carboxylic acids is 1. The van der Waals surface area contributed by atoms with Gasteiger partial charge < -0.3 is 4.79 Å². The topological polar surface area (TPSA) is 17.1 Å². The maximum atomic E-state index is 10.5. The van der Waals surface area contributed by atoms with E-state index < -0.39 is 0 Å². The van der Waals surface area contributed by atoms with E-state index in [2.05, 4.69) is 19.9 Å². The third kappa shape index (κ3) is 2.18. The van der Waals surface area contributed by atoms with E-state index >= 15 is 0 Å². The van der Waals surface area contributed by atoms with Gasteiger partial charge in [0.25, 0.3) is 0 Å². The summed E-state index contributed by atoms with van der Waals surface area (Å²) in [6, 6.07) is 0. The quantitative estimate of drug-likeness (QED) is 0.417. The van der Waals surface area contributed by atoms with Crippen molar-refractivity contribution in [2.45, 2.75) is 33.1 Å². The Labute approximate surface area is 68.5 Å². The van der Waals surface area contributed by atoms with E-state index in [0.29, 0.717) is 5.92 Å². The lowest BCUT2D eigenvalue weighted by molar-refractivity contribution is -0.111. The smallest absolute Gasteiger partial charge is 0.123 e. The zero-order valence-corrected chi connectivity index (χ0v) is 7.34.